The first kappa shape index (κ1) is 15.3. The molecule has 1 aromatic carbocycles. The van der Waals surface area contributed by atoms with Crippen molar-refractivity contribution in [1.82, 2.24) is 5.32 Å². The Balaban J connectivity index is 2.49. The third-order valence-electron chi connectivity index (χ3n) is 3.42. The molecule has 1 heterocycles. The fourth-order valence-corrected chi connectivity index (χ4v) is 2.38. The fraction of sp³-hybridized carbons (Fsp3) is 0.429. The van der Waals surface area contributed by atoms with Crippen LogP contribution in [0.15, 0.2) is 12.1 Å². The van der Waals surface area contributed by atoms with Crippen LogP contribution in [0.25, 0.3) is 0 Å². The van der Waals surface area contributed by atoms with Crippen molar-refractivity contribution in [3.05, 3.63) is 29.6 Å². The Morgan fingerprint density at radius 1 is 1.19 bits per heavy atom. The van der Waals surface area contributed by atoms with Gasteiger partial charge in [-0.1, -0.05) is 13.3 Å². The predicted molar refractivity (Wildman–Crippen MR) is 70.1 cm³/mol. The molecule has 21 heavy (non-hydrogen) atoms. The van der Waals surface area contributed by atoms with Gasteiger partial charge in [-0.25, -0.2) is 13.2 Å². The van der Waals surface area contributed by atoms with Crippen LogP contribution in [0.5, 0.6) is 0 Å². The number of amides is 2. The number of benzene rings is 1. The summed E-state index contributed by atoms with van der Waals surface area (Å²) in [6, 6.07) is -0.929. The van der Waals surface area contributed by atoms with Crippen LogP contribution in [-0.2, 0) is 9.59 Å². The normalized spacial score (nSPS) is 22.4. The van der Waals surface area contributed by atoms with Gasteiger partial charge in [-0.2, -0.15) is 0 Å². The molecule has 2 unspecified atom stereocenters. The molecule has 0 radical (unpaired) electrons. The molecule has 2 amide bonds. The van der Waals surface area contributed by atoms with E-state index in [0.717, 1.165) is 4.90 Å². The van der Waals surface area contributed by atoms with Crippen molar-refractivity contribution in [1.29, 1.82) is 0 Å². The van der Waals surface area contributed by atoms with Gasteiger partial charge in [0.25, 0.3) is 0 Å². The van der Waals surface area contributed by atoms with Crippen molar-refractivity contribution in [2.75, 3.05) is 4.90 Å². The number of nitrogens with one attached hydrogen (secondary N) is 1. The summed E-state index contributed by atoms with van der Waals surface area (Å²) in [4.78, 5) is 25.0. The van der Waals surface area contributed by atoms with Crippen LogP contribution in [0.1, 0.15) is 26.7 Å². The molecule has 0 saturated carbocycles. The number of halogens is 3. The molecule has 7 heteroatoms. The molecule has 2 atom stereocenters. The lowest BCUT2D eigenvalue weighted by atomic mass is 10.0. The van der Waals surface area contributed by atoms with Crippen LogP contribution < -0.4 is 10.2 Å². The first-order chi connectivity index (χ1) is 9.86. The van der Waals surface area contributed by atoms with E-state index >= 15 is 0 Å². The predicted octanol–water partition coefficient (Wildman–Crippen LogP) is 2.12. The van der Waals surface area contributed by atoms with Gasteiger partial charge in [-0.3, -0.25) is 14.5 Å². The summed E-state index contributed by atoms with van der Waals surface area (Å²) in [5.74, 6) is -4.61. The lowest BCUT2D eigenvalue weighted by molar-refractivity contribution is -0.133. The molecule has 4 nitrogen and oxygen atoms in total. The summed E-state index contributed by atoms with van der Waals surface area (Å²) >= 11 is 0. The van der Waals surface area contributed by atoms with Gasteiger partial charge in [-0.05, 0) is 13.3 Å². The van der Waals surface area contributed by atoms with Gasteiger partial charge in [-0.15, -0.1) is 0 Å². The molecule has 0 bridgehead atoms. The molecule has 0 spiro atoms. The van der Waals surface area contributed by atoms with E-state index in [-0.39, 0.29) is 0 Å². The van der Waals surface area contributed by atoms with E-state index in [2.05, 4.69) is 5.32 Å². The van der Waals surface area contributed by atoms with Crippen LogP contribution in [-0.4, -0.2) is 23.9 Å². The smallest absolute Gasteiger partial charge is 0.250 e. The molecule has 1 fully saturated rings. The highest BCUT2D eigenvalue weighted by Crippen LogP contribution is 2.29. The van der Waals surface area contributed by atoms with Crippen LogP contribution >= 0.6 is 0 Å². The summed E-state index contributed by atoms with van der Waals surface area (Å²) in [7, 11) is 0. The number of nitrogens with zero attached hydrogens (tertiary/aromatic N) is 1. The zero-order valence-electron chi connectivity index (χ0n) is 11.6. The molecule has 1 saturated heterocycles. The third-order valence-corrected chi connectivity index (χ3v) is 3.42. The number of hydrogen-bond acceptors (Lipinski definition) is 2. The highest BCUT2D eigenvalue weighted by atomic mass is 19.1. The molecular weight excluding hydrogens is 285 g/mol. The van der Waals surface area contributed by atoms with Gasteiger partial charge in [0.05, 0.1) is 0 Å². The van der Waals surface area contributed by atoms with E-state index in [0.29, 0.717) is 25.0 Å². The highest BCUT2D eigenvalue weighted by molar-refractivity contribution is 6.08. The molecule has 1 N–H and O–H groups in total. The Morgan fingerprint density at radius 2 is 1.76 bits per heavy atom. The minimum atomic E-state index is -1.21. The molecule has 1 aliphatic rings. The number of hydrogen-bond donors (Lipinski definition) is 1. The SMILES string of the molecule is CCCC1NC(=O)C(C)N(c2c(F)cc(F)cc2F)C1=O. The van der Waals surface area contributed by atoms with Gasteiger partial charge in [0, 0.05) is 12.1 Å². The molecule has 0 aliphatic carbocycles. The zero-order chi connectivity index (χ0) is 15.7. The van der Waals surface area contributed by atoms with E-state index in [1.807, 2.05) is 6.92 Å². The van der Waals surface area contributed by atoms with Gasteiger partial charge >= 0.3 is 0 Å². The first-order valence-corrected chi connectivity index (χ1v) is 6.64. The van der Waals surface area contributed by atoms with Crippen molar-refractivity contribution in [3.63, 3.8) is 0 Å². The molecular formula is C14H15F3N2O2. The Hall–Kier alpha value is -2.05. The Labute approximate surface area is 119 Å². The third kappa shape index (κ3) is 2.72. The maximum absolute atomic E-state index is 13.9. The van der Waals surface area contributed by atoms with Crippen LogP contribution in [0.3, 0.4) is 0 Å². The summed E-state index contributed by atoms with van der Waals surface area (Å²) in [6.07, 6.45) is 0.978. The second kappa shape index (κ2) is 5.75. The lowest BCUT2D eigenvalue weighted by Gasteiger charge is -2.37. The van der Waals surface area contributed by atoms with Crippen molar-refractivity contribution in [3.8, 4) is 0 Å². The zero-order valence-corrected chi connectivity index (χ0v) is 11.6. The fourth-order valence-electron chi connectivity index (χ4n) is 2.38. The maximum atomic E-state index is 13.9. The van der Waals surface area contributed by atoms with E-state index in [4.69, 9.17) is 0 Å². The first-order valence-electron chi connectivity index (χ1n) is 6.64. The van der Waals surface area contributed by atoms with Crippen molar-refractivity contribution < 1.29 is 22.8 Å². The van der Waals surface area contributed by atoms with Crippen molar-refractivity contribution >= 4 is 17.5 Å². The Morgan fingerprint density at radius 3 is 2.29 bits per heavy atom. The molecule has 114 valence electrons. The second-order valence-corrected chi connectivity index (χ2v) is 4.95. The number of anilines is 1. The van der Waals surface area contributed by atoms with E-state index in [9.17, 15) is 22.8 Å². The minimum absolute atomic E-state index is 0.359. The number of carbonyl (C=O) groups is 2. The number of piperazine rings is 1. The topological polar surface area (TPSA) is 49.4 Å². The summed E-state index contributed by atoms with van der Waals surface area (Å²) in [5.41, 5.74) is -0.690. The minimum Gasteiger partial charge on any atom is -0.342 e. The van der Waals surface area contributed by atoms with Gasteiger partial charge in [0.1, 0.15) is 23.6 Å². The quantitative estimate of drug-likeness (QED) is 0.929. The van der Waals surface area contributed by atoms with E-state index < -0.39 is 47.0 Å². The van der Waals surface area contributed by atoms with E-state index in [1.165, 1.54) is 6.92 Å². The average Bonchev–Trinajstić information content (AvgIpc) is 2.39. The van der Waals surface area contributed by atoms with Crippen LogP contribution in [0.4, 0.5) is 18.9 Å². The molecule has 1 aliphatic heterocycles. The van der Waals surface area contributed by atoms with Crippen molar-refractivity contribution in [2.45, 2.75) is 38.8 Å². The highest BCUT2D eigenvalue weighted by Gasteiger charge is 2.40. The van der Waals surface area contributed by atoms with Gasteiger partial charge in [0.15, 0.2) is 11.6 Å². The van der Waals surface area contributed by atoms with Gasteiger partial charge in [0.2, 0.25) is 11.8 Å². The largest absolute Gasteiger partial charge is 0.342 e. The molecule has 0 aromatic heterocycles. The lowest BCUT2D eigenvalue weighted by Crippen LogP contribution is -2.63. The standard InChI is InChI=1S/C14H15F3N2O2/c1-3-4-11-14(21)19(7(2)13(20)18-11)12-9(16)5-8(15)6-10(12)17/h5-7,11H,3-4H2,1-2H3,(H,18,20). The maximum Gasteiger partial charge on any atom is 0.250 e. The average molecular weight is 300 g/mol. The molecule has 2 rings (SSSR count). The summed E-state index contributed by atoms with van der Waals surface area (Å²) < 4.78 is 40.7. The monoisotopic (exact) mass is 300 g/mol. The Kier molecular flexibility index (Phi) is 4.20. The summed E-state index contributed by atoms with van der Waals surface area (Å²) in [6.45, 7) is 3.18. The Bertz CT molecular complexity index is 569. The van der Waals surface area contributed by atoms with Crippen molar-refractivity contribution in [2.24, 2.45) is 0 Å². The second-order valence-electron chi connectivity index (χ2n) is 4.95. The van der Waals surface area contributed by atoms with Crippen LogP contribution in [0.2, 0.25) is 0 Å². The summed E-state index contributed by atoms with van der Waals surface area (Å²) in [5, 5.41) is 2.52. The van der Waals surface area contributed by atoms with E-state index in [1.54, 1.807) is 0 Å². The van der Waals surface area contributed by atoms with Crippen LogP contribution in [0, 0.1) is 17.5 Å². The number of carbonyl (C=O) groups excluding carboxylic acids is 2. The molecule has 1 aromatic rings. The van der Waals surface area contributed by atoms with Gasteiger partial charge < -0.3 is 5.32 Å². The number of rotatable bonds is 3.